The number of nitrogens with one attached hydrogen (secondary N) is 1. The van der Waals surface area contributed by atoms with Crippen molar-refractivity contribution in [2.45, 2.75) is 32.0 Å². The largest absolute Gasteiger partial charge is 0.459 e. The fourth-order valence-electron chi connectivity index (χ4n) is 3.53. The topological polar surface area (TPSA) is 67.8 Å². The quantitative estimate of drug-likeness (QED) is 0.723. The van der Waals surface area contributed by atoms with Crippen LogP contribution < -0.4 is 5.32 Å². The number of hydrogen-bond donors (Lipinski definition) is 2. The molecular formula is C23H27NO4. The van der Waals surface area contributed by atoms with Gasteiger partial charge >= 0.3 is 0 Å². The van der Waals surface area contributed by atoms with Gasteiger partial charge in [-0.3, -0.25) is 4.79 Å². The molecule has 1 aliphatic rings. The number of rotatable bonds is 8. The Labute approximate surface area is 166 Å². The number of carbonyl (C=O) groups is 1. The van der Waals surface area contributed by atoms with Crippen LogP contribution in [0, 0.1) is 5.92 Å². The molecule has 2 N–H and O–H groups in total. The number of allylic oxidation sites excluding steroid dienone is 1. The summed E-state index contributed by atoms with van der Waals surface area (Å²) < 4.78 is 11.8. The molecule has 1 aliphatic heterocycles. The highest BCUT2D eigenvalue weighted by atomic mass is 16.7. The summed E-state index contributed by atoms with van der Waals surface area (Å²) in [6.07, 6.45) is 2.74. The minimum atomic E-state index is -0.539. The number of ether oxygens (including phenoxy) is 2. The molecule has 0 bridgehead atoms. The number of carbonyl (C=O) groups excluding carboxylic acids is 1. The van der Waals surface area contributed by atoms with Crippen LogP contribution in [0.2, 0.25) is 0 Å². The Balaban J connectivity index is 1.90. The molecule has 3 atom stereocenters. The van der Waals surface area contributed by atoms with E-state index in [1.165, 1.54) is 0 Å². The van der Waals surface area contributed by atoms with E-state index in [1.807, 2.05) is 73.7 Å². The molecule has 0 radical (unpaired) electrons. The summed E-state index contributed by atoms with van der Waals surface area (Å²) in [5, 5.41) is 12.2. The molecule has 2 aromatic carbocycles. The number of aliphatic hydroxyl groups excluding tert-OH is 1. The Morgan fingerprint density at radius 3 is 2.43 bits per heavy atom. The first kappa shape index (κ1) is 20.1. The van der Waals surface area contributed by atoms with E-state index < -0.39 is 6.29 Å². The monoisotopic (exact) mass is 381 g/mol. The third-order valence-electron chi connectivity index (χ3n) is 4.85. The van der Waals surface area contributed by atoms with Crippen LogP contribution >= 0.6 is 0 Å². The van der Waals surface area contributed by atoms with Crippen molar-refractivity contribution in [2.75, 3.05) is 18.5 Å². The first-order valence-electron chi connectivity index (χ1n) is 9.75. The molecular weight excluding hydrogens is 354 g/mol. The van der Waals surface area contributed by atoms with Crippen molar-refractivity contribution < 1.29 is 19.4 Å². The first-order chi connectivity index (χ1) is 13.7. The van der Waals surface area contributed by atoms with Crippen LogP contribution in [0.25, 0.3) is 0 Å². The van der Waals surface area contributed by atoms with Crippen LogP contribution in [0.3, 0.4) is 0 Å². The molecule has 0 unspecified atom stereocenters. The highest BCUT2D eigenvalue weighted by Crippen LogP contribution is 2.39. The third-order valence-corrected chi connectivity index (χ3v) is 4.85. The van der Waals surface area contributed by atoms with Gasteiger partial charge in [-0.1, -0.05) is 48.5 Å². The maximum atomic E-state index is 12.8. The summed E-state index contributed by atoms with van der Waals surface area (Å²) in [6, 6.07) is 19.3. The average Bonchev–Trinajstić information content (AvgIpc) is 2.74. The van der Waals surface area contributed by atoms with Gasteiger partial charge in [0, 0.05) is 30.7 Å². The zero-order valence-corrected chi connectivity index (χ0v) is 16.1. The summed E-state index contributed by atoms with van der Waals surface area (Å²) in [5.74, 6) is -0.0498. The third kappa shape index (κ3) is 5.00. The minimum Gasteiger partial charge on any atom is -0.459 e. The zero-order chi connectivity index (χ0) is 19.8. The van der Waals surface area contributed by atoms with Crippen molar-refractivity contribution in [1.82, 2.24) is 0 Å². The predicted octanol–water partition coefficient (Wildman–Crippen LogP) is 4.07. The van der Waals surface area contributed by atoms with Gasteiger partial charge in [0.1, 0.15) is 0 Å². The van der Waals surface area contributed by atoms with E-state index in [0.717, 1.165) is 12.0 Å². The van der Waals surface area contributed by atoms with Gasteiger partial charge in [0.25, 0.3) is 5.91 Å². The number of aliphatic hydroxyl groups is 1. The molecule has 0 spiro atoms. The van der Waals surface area contributed by atoms with Crippen LogP contribution in [0.15, 0.2) is 72.5 Å². The molecule has 5 nitrogen and oxygen atoms in total. The normalized spacial score (nSPS) is 21.5. The van der Waals surface area contributed by atoms with E-state index in [4.69, 9.17) is 9.47 Å². The van der Waals surface area contributed by atoms with Crippen molar-refractivity contribution in [3.05, 3.63) is 78.1 Å². The van der Waals surface area contributed by atoms with Crippen LogP contribution in [0.4, 0.5) is 5.69 Å². The van der Waals surface area contributed by atoms with Gasteiger partial charge in [0.05, 0.1) is 0 Å². The molecule has 1 amide bonds. The van der Waals surface area contributed by atoms with Crippen LogP contribution in [-0.4, -0.2) is 30.5 Å². The fourth-order valence-corrected chi connectivity index (χ4v) is 3.53. The molecule has 148 valence electrons. The van der Waals surface area contributed by atoms with Crippen molar-refractivity contribution in [1.29, 1.82) is 0 Å². The van der Waals surface area contributed by atoms with Gasteiger partial charge in [-0.25, -0.2) is 0 Å². The Hall–Kier alpha value is -2.63. The van der Waals surface area contributed by atoms with Crippen molar-refractivity contribution >= 4 is 11.6 Å². The van der Waals surface area contributed by atoms with Gasteiger partial charge < -0.3 is 19.9 Å². The Morgan fingerprint density at radius 1 is 1.11 bits per heavy atom. The summed E-state index contributed by atoms with van der Waals surface area (Å²) >= 11 is 0. The van der Waals surface area contributed by atoms with Crippen molar-refractivity contribution in [3.8, 4) is 0 Å². The molecule has 3 rings (SSSR count). The lowest BCUT2D eigenvalue weighted by Gasteiger charge is -2.37. The number of anilines is 1. The number of amides is 1. The lowest BCUT2D eigenvalue weighted by molar-refractivity contribution is -0.165. The molecule has 5 heteroatoms. The van der Waals surface area contributed by atoms with Gasteiger partial charge in [0.15, 0.2) is 5.76 Å². The number of hydrogen-bond acceptors (Lipinski definition) is 4. The van der Waals surface area contributed by atoms with E-state index in [0.29, 0.717) is 18.7 Å². The number of benzene rings is 2. The van der Waals surface area contributed by atoms with E-state index in [9.17, 15) is 9.90 Å². The molecule has 0 saturated heterocycles. The SMILES string of the molecule is CCO[C@@H]1OC(C(=O)Nc2ccccc2)=C[C@H](c2ccccc2)[C@@H]1CCCO. The van der Waals surface area contributed by atoms with E-state index >= 15 is 0 Å². The van der Waals surface area contributed by atoms with E-state index in [2.05, 4.69) is 5.32 Å². The van der Waals surface area contributed by atoms with Crippen LogP contribution in [0.5, 0.6) is 0 Å². The summed E-state index contributed by atoms with van der Waals surface area (Å²) in [7, 11) is 0. The van der Waals surface area contributed by atoms with E-state index in [1.54, 1.807) is 0 Å². The Kier molecular flexibility index (Phi) is 7.23. The average molecular weight is 381 g/mol. The van der Waals surface area contributed by atoms with Crippen LogP contribution in [0.1, 0.15) is 31.2 Å². The van der Waals surface area contributed by atoms with Gasteiger partial charge in [-0.2, -0.15) is 0 Å². The second-order valence-electron chi connectivity index (χ2n) is 6.76. The number of para-hydroxylation sites is 1. The highest BCUT2D eigenvalue weighted by Gasteiger charge is 2.37. The highest BCUT2D eigenvalue weighted by molar-refractivity contribution is 6.02. The molecule has 0 saturated carbocycles. The van der Waals surface area contributed by atoms with Crippen LogP contribution in [-0.2, 0) is 14.3 Å². The predicted molar refractivity (Wildman–Crippen MR) is 109 cm³/mol. The molecule has 0 aromatic heterocycles. The smallest absolute Gasteiger partial charge is 0.290 e. The maximum absolute atomic E-state index is 12.8. The molecule has 0 fully saturated rings. The lowest BCUT2D eigenvalue weighted by Crippen LogP contribution is -2.37. The molecule has 1 heterocycles. The zero-order valence-electron chi connectivity index (χ0n) is 16.1. The van der Waals surface area contributed by atoms with E-state index in [-0.39, 0.29) is 30.1 Å². The summed E-state index contributed by atoms with van der Waals surface area (Å²) in [6.45, 7) is 2.50. The summed E-state index contributed by atoms with van der Waals surface area (Å²) in [5.41, 5.74) is 1.81. The fraction of sp³-hybridized carbons (Fsp3) is 0.348. The van der Waals surface area contributed by atoms with Gasteiger partial charge in [0.2, 0.25) is 6.29 Å². The molecule has 0 aliphatic carbocycles. The maximum Gasteiger partial charge on any atom is 0.290 e. The second-order valence-corrected chi connectivity index (χ2v) is 6.76. The van der Waals surface area contributed by atoms with Gasteiger partial charge in [-0.05, 0) is 43.5 Å². The summed E-state index contributed by atoms with van der Waals surface area (Å²) in [4.78, 5) is 12.8. The Morgan fingerprint density at radius 2 is 1.79 bits per heavy atom. The van der Waals surface area contributed by atoms with Gasteiger partial charge in [-0.15, -0.1) is 0 Å². The molecule has 2 aromatic rings. The Bertz CT molecular complexity index is 776. The minimum absolute atomic E-state index is 0.0165. The lowest BCUT2D eigenvalue weighted by atomic mass is 9.80. The first-order valence-corrected chi connectivity index (χ1v) is 9.75. The van der Waals surface area contributed by atoms with Crippen molar-refractivity contribution in [3.63, 3.8) is 0 Å². The van der Waals surface area contributed by atoms with Crippen molar-refractivity contribution in [2.24, 2.45) is 5.92 Å². The second kappa shape index (κ2) is 10.1. The standard InChI is InChI=1S/C23H27NO4/c1-2-27-23-19(14-9-15-25)20(17-10-5-3-6-11-17)16-21(28-23)22(26)24-18-12-7-4-8-13-18/h3-8,10-13,16,19-20,23,25H,2,9,14-15H2,1H3,(H,24,26)/t19-,20+,23+/m0/s1. The molecule has 28 heavy (non-hydrogen) atoms.